The van der Waals surface area contributed by atoms with E-state index in [9.17, 15) is 4.79 Å². The van der Waals surface area contributed by atoms with Crippen molar-refractivity contribution in [3.05, 3.63) is 18.0 Å². The van der Waals surface area contributed by atoms with Gasteiger partial charge in [-0.1, -0.05) is 0 Å². The fraction of sp³-hybridized carbons (Fsp3) is 0.750. The summed E-state index contributed by atoms with van der Waals surface area (Å²) in [5.41, 5.74) is 0.658. The quantitative estimate of drug-likeness (QED) is 0.923. The van der Waals surface area contributed by atoms with Crippen LogP contribution in [-0.4, -0.2) is 52.1 Å². The number of likely N-dealkylation sites (tertiary alicyclic amines) is 1. The molecule has 1 aromatic rings. The highest BCUT2D eigenvalue weighted by molar-refractivity contribution is 5.68. The number of nitrogens with zero attached hydrogens (tertiary/aromatic N) is 3. The predicted molar refractivity (Wildman–Crippen MR) is 85.7 cm³/mol. The molecular formula is C16H28N4O2. The molecule has 1 aliphatic rings. The number of rotatable bonds is 4. The normalized spacial score (nSPS) is 19.3. The Kier molecular flexibility index (Phi) is 5.45. The maximum atomic E-state index is 12.1. The summed E-state index contributed by atoms with van der Waals surface area (Å²) in [4.78, 5) is 13.9. The second-order valence-electron chi connectivity index (χ2n) is 6.95. The highest BCUT2D eigenvalue weighted by atomic mass is 16.6. The van der Waals surface area contributed by atoms with Crippen LogP contribution in [0.4, 0.5) is 4.79 Å². The maximum Gasteiger partial charge on any atom is 0.410 e. The lowest BCUT2D eigenvalue weighted by Gasteiger charge is -2.34. The molecule has 1 N–H and O–H groups in total. The topological polar surface area (TPSA) is 59.4 Å². The Morgan fingerprint density at radius 1 is 1.50 bits per heavy atom. The van der Waals surface area contributed by atoms with E-state index in [1.165, 1.54) is 0 Å². The largest absolute Gasteiger partial charge is 0.444 e. The third-order valence-corrected chi connectivity index (χ3v) is 3.66. The molecule has 22 heavy (non-hydrogen) atoms. The second kappa shape index (κ2) is 7.13. The lowest BCUT2D eigenvalue weighted by Crippen LogP contribution is -2.49. The number of carbonyl (C=O) groups is 1. The van der Waals surface area contributed by atoms with E-state index in [4.69, 9.17) is 4.74 Å². The van der Waals surface area contributed by atoms with Gasteiger partial charge in [-0.2, -0.15) is 5.10 Å². The summed E-state index contributed by atoms with van der Waals surface area (Å²) in [7, 11) is 1.93. The lowest BCUT2D eigenvalue weighted by molar-refractivity contribution is 0.0188. The van der Waals surface area contributed by atoms with E-state index in [0.717, 1.165) is 44.6 Å². The van der Waals surface area contributed by atoms with Crippen molar-refractivity contribution in [2.24, 2.45) is 7.05 Å². The first-order valence-electron chi connectivity index (χ1n) is 8.03. The minimum Gasteiger partial charge on any atom is -0.444 e. The zero-order valence-electron chi connectivity index (χ0n) is 14.1. The van der Waals surface area contributed by atoms with E-state index in [1.807, 2.05) is 49.7 Å². The second-order valence-corrected chi connectivity index (χ2v) is 6.95. The van der Waals surface area contributed by atoms with Crippen molar-refractivity contribution in [3.63, 3.8) is 0 Å². The van der Waals surface area contributed by atoms with Crippen LogP contribution in [0, 0.1) is 0 Å². The smallest absolute Gasteiger partial charge is 0.410 e. The molecule has 2 rings (SSSR count). The fourth-order valence-corrected chi connectivity index (χ4v) is 2.64. The molecule has 0 bridgehead atoms. The molecule has 0 saturated carbocycles. The molecule has 0 spiro atoms. The molecule has 1 unspecified atom stereocenters. The van der Waals surface area contributed by atoms with Gasteiger partial charge < -0.3 is 15.0 Å². The highest BCUT2D eigenvalue weighted by Crippen LogP contribution is 2.15. The summed E-state index contributed by atoms with van der Waals surface area (Å²) in [6, 6.07) is 2.38. The summed E-state index contributed by atoms with van der Waals surface area (Å²) in [6.07, 6.45) is 4.77. The van der Waals surface area contributed by atoms with Crippen LogP contribution in [0.1, 0.15) is 39.3 Å². The number of aromatic nitrogens is 2. The van der Waals surface area contributed by atoms with Crippen LogP contribution in [0.15, 0.2) is 12.3 Å². The molecule has 1 aromatic heterocycles. The van der Waals surface area contributed by atoms with Crippen LogP contribution in [0.5, 0.6) is 0 Å². The van der Waals surface area contributed by atoms with Crippen molar-refractivity contribution in [1.29, 1.82) is 0 Å². The Balaban J connectivity index is 1.74. The minimum absolute atomic E-state index is 0.205. The first-order chi connectivity index (χ1) is 10.3. The third kappa shape index (κ3) is 5.33. The summed E-state index contributed by atoms with van der Waals surface area (Å²) >= 11 is 0. The number of carbonyl (C=O) groups excluding carboxylic acids is 1. The predicted octanol–water partition coefficient (Wildman–Crippen LogP) is 1.95. The van der Waals surface area contributed by atoms with E-state index in [0.29, 0.717) is 6.04 Å². The Morgan fingerprint density at radius 2 is 2.27 bits per heavy atom. The zero-order valence-corrected chi connectivity index (χ0v) is 14.1. The molecule has 1 atom stereocenters. The molecule has 1 aliphatic heterocycles. The van der Waals surface area contributed by atoms with Gasteiger partial charge in [-0.25, -0.2) is 4.79 Å². The molecule has 1 amide bonds. The third-order valence-electron chi connectivity index (χ3n) is 3.66. The van der Waals surface area contributed by atoms with Crippen LogP contribution in [0.3, 0.4) is 0 Å². The van der Waals surface area contributed by atoms with Gasteiger partial charge >= 0.3 is 6.09 Å². The molecule has 6 nitrogen and oxygen atoms in total. The van der Waals surface area contributed by atoms with Crippen LogP contribution in [0.25, 0.3) is 0 Å². The molecule has 1 fully saturated rings. The fourth-order valence-electron chi connectivity index (χ4n) is 2.64. The number of aryl methyl sites for hydroxylation is 1. The van der Waals surface area contributed by atoms with Gasteiger partial charge in [0.25, 0.3) is 0 Å². The number of amides is 1. The summed E-state index contributed by atoms with van der Waals surface area (Å²) in [6.45, 7) is 8.08. The van der Waals surface area contributed by atoms with E-state index in [1.54, 1.807) is 0 Å². The molecule has 2 heterocycles. The lowest BCUT2D eigenvalue weighted by atomic mass is 10.1. The number of ether oxygens (including phenoxy) is 1. The number of nitrogens with one attached hydrogen (secondary N) is 1. The first-order valence-corrected chi connectivity index (χ1v) is 8.03. The van der Waals surface area contributed by atoms with E-state index in [-0.39, 0.29) is 6.09 Å². The average molecular weight is 308 g/mol. The van der Waals surface area contributed by atoms with Gasteiger partial charge in [-0.05, 0) is 39.7 Å². The highest BCUT2D eigenvalue weighted by Gasteiger charge is 2.27. The Hall–Kier alpha value is -1.56. The Morgan fingerprint density at radius 3 is 2.91 bits per heavy atom. The van der Waals surface area contributed by atoms with Gasteiger partial charge in [0.1, 0.15) is 5.60 Å². The van der Waals surface area contributed by atoms with Gasteiger partial charge in [-0.3, -0.25) is 4.68 Å². The van der Waals surface area contributed by atoms with Gasteiger partial charge in [0, 0.05) is 45.3 Å². The van der Waals surface area contributed by atoms with E-state index < -0.39 is 5.60 Å². The van der Waals surface area contributed by atoms with Gasteiger partial charge in [0.2, 0.25) is 0 Å². The van der Waals surface area contributed by atoms with Crippen molar-refractivity contribution in [2.75, 3.05) is 19.6 Å². The van der Waals surface area contributed by atoms with Crippen molar-refractivity contribution in [2.45, 2.75) is 51.7 Å². The molecule has 0 radical (unpaired) electrons. The molecule has 1 saturated heterocycles. The van der Waals surface area contributed by atoms with Crippen LogP contribution < -0.4 is 5.32 Å². The van der Waals surface area contributed by atoms with Crippen LogP contribution >= 0.6 is 0 Å². The molecular weight excluding hydrogens is 280 g/mol. The summed E-state index contributed by atoms with van der Waals surface area (Å²) in [5, 5.41) is 7.90. The molecule has 124 valence electrons. The van der Waals surface area contributed by atoms with Crippen LogP contribution in [-0.2, 0) is 18.2 Å². The zero-order chi connectivity index (χ0) is 16.2. The maximum absolute atomic E-state index is 12.1. The van der Waals surface area contributed by atoms with E-state index >= 15 is 0 Å². The molecule has 6 heteroatoms. The van der Waals surface area contributed by atoms with Gasteiger partial charge in [-0.15, -0.1) is 0 Å². The molecule has 0 aliphatic carbocycles. The SMILES string of the molecule is Cn1ccc(CCNC2CCCN(C(=O)OC(C)(C)C)C2)n1. The van der Waals surface area contributed by atoms with Gasteiger partial charge in [0.05, 0.1) is 5.69 Å². The number of piperidine rings is 1. The van der Waals surface area contributed by atoms with E-state index in [2.05, 4.69) is 10.4 Å². The average Bonchev–Trinajstić information content (AvgIpc) is 2.83. The Bertz CT molecular complexity index is 493. The monoisotopic (exact) mass is 308 g/mol. The van der Waals surface area contributed by atoms with Crippen molar-refractivity contribution >= 4 is 6.09 Å². The van der Waals surface area contributed by atoms with Crippen molar-refractivity contribution in [1.82, 2.24) is 20.0 Å². The number of hydrogen-bond donors (Lipinski definition) is 1. The standard InChI is InChI=1S/C16H28N4O2/c1-16(2,3)22-15(21)20-10-5-6-14(12-20)17-9-7-13-8-11-19(4)18-13/h8,11,14,17H,5-7,9-10,12H2,1-4H3. The minimum atomic E-state index is -0.434. The van der Waals surface area contributed by atoms with Crippen LogP contribution in [0.2, 0.25) is 0 Å². The number of hydrogen-bond acceptors (Lipinski definition) is 4. The summed E-state index contributed by atoms with van der Waals surface area (Å²) < 4.78 is 7.27. The van der Waals surface area contributed by atoms with Gasteiger partial charge in [0.15, 0.2) is 0 Å². The first kappa shape index (κ1) is 16.8. The Labute approximate surface area is 132 Å². The summed E-state index contributed by atoms with van der Waals surface area (Å²) in [5.74, 6) is 0. The van der Waals surface area contributed by atoms with Crippen molar-refractivity contribution < 1.29 is 9.53 Å². The molecule has 0 aromatic carbocycles. The van der Waals surface area contributed by atoms with Crippen molar-refractivity contribution in [3.8, 4) is 0 Å².